The molecule has 3 rings (SSSR count). The molecule has 4 heteroatoms. The summed E-state index contributed by atoms with van der Waals surface area (Å²) in [5.74, 6) is 0.277. The number of likely N-dealkylation sites (tertiary alicyclic amines) is 1. The van der Waals surface area contributed by atoms with Crippen LogP contribution in [0.3, 0.4) is 0 Å². The third kappa shape index (κ3) is 1.67. The smallest absolute Gasteiger partial charge is 0.233 e. The van der Waals surface area contributed by atoms with Crippen LogP contribution in [0.15, 0.2) is 0 Å². The van der Waals surface area contributed by atoms with Crippen LogP contribution in [-0.4, -0.2) is 28.6 Å². The first kappa shape index (κ1) is 11.7. The van der Waals surface area contributed by atoms with E-state index in [-0.39, 0.29) is 29.1 Å². The Morgan fingerprint density at radius 2 is 1.71 bits per heavy atom. The molecular formula is C13H18BrNO2. The van der Waals surface area contributed by atoms with Crippen molar-refractivity contribution in [2.45, 2.75) is 38.5 Å². The molecule has 0 bridgehead atoms. The van der Waals surface area contributed by atoms with Gasteiger partial charge in [-0.3, -0.25) is 14.5 Å². The van der Waals surface area contributed by atoms with Gasteiger partial charge in [0, 0.05) is 11.9 Å². The lowest BCUT2D eigenvalue weighted by Crippen LogP contribution is -2.46. The highest BCUT2D eigenvalue weighted by molar-refractivity contribution is 9.09. The van der Waals surface area contributed by atoms with Gasteiger partial charge in [0.2, 0.25) is 11.8 Å². The largest absolute Gasteiger partial charge is 0.282 e. The van der Waals surface area contributed by atoms with Crippen molar-refractivity contribution < 1.29 is 9.59 Å². The van der Waals surface area contributed by atoms with Crippen LogP contribution in [0.25, 0.3) is 0 Å². The number of rotatable bonds is 3. The highest BCUT2D eigenvalue weighted by Crippen LogP contribution is 2.46. The second-order valence-corrected chi connectivity index (χ2v) is 6.45. The number of imide groups is 1. The number of carbonyl (C=O) groups is 2. The number of nitrogens with zero attached hydrogens (tertiary/aromatic N) is 1. The lowest BCUT2D eigenvalue weighted by atomic mass is 9.70. The van der Waals surface area contributed by atoms with Crippen LogP contribution in [0.2, 0.25) is 0 Å². The van der Waals surface area contributed by atoms with Crippen molar-refractivity contribution in [3.8, 4) is 0 Å². The van der Waals surface area contributed by atoms with Gasteiger partial charge in [-0.05, 0) is 31.1 Å². The summed E-state index contributed by atoms with van der Waals surface area (Å²) in [4.78, 5) is 26.0. The highest BCUT2D eigenvalue weighted by atomic mass is 79.9. The first-order valence-electron chi connectivity index (χ1n) is 6.58. The predicted octanol–water partition coefficient (Wildman–Crippen LogP) is 2.34. The molecular weight excluding hydrogens is 282 g/mol. The molecule has 1 saturated heterocycles. The predicted molar refractivity (Wildman–Crippen MR) is 67.6 cm³/mol. The molecule has 3 fully saturated rings. The zero-order valence-corrected chi connectivity index (χ0v) is 11.5. The molecule has 0 N–H and O–H groups in total. The van der Waals surface area contributed by atoms with Gasteiger partial charge in [-0.1, -0.05) is 28.8 Å². The third-order valence-corrected chi connectivity index (χ3v) is 6.06. The molecule has 0 aromatic carbocycles. The van der Waals surface area contributed by atoms with Gasteiger partial charge >= 0.3 is 0 Å². The molecule has 0 aromatic heterocycles. The number of halogens is 1. The summed E-state index contributed by atoms with van der Waals surface area (Å²) in [6.45, 7) is 0.656. The summed E-state index contributed by atoms with van der Waals surface area (Å²) < 4.78 is 0. The van der Waals surface area contributed by atoms with Gasteiger partial charge in [0.05, 0.1) is 11.8 Å². The zero-order valence-electron chi connectivity index (χ0n) is 9.95. The Hall–Kier alpha value is -0.380. The summed E-state index contributed by atoms with van der Waals surface area (Å²) >= 11 is 3.54. The minimum absolute atomic E-state index is 0.0231. The molecule has 0 aromatic rings. The second-order valence-electron chi connectivity index (χ2n) is 5.89. The Morgan fingerprint density at radius 3 is 2.12 bits per heavy atom. The number of hydrogen-bond acceptors (Lipinski definition) is 2. The van der Waals surface area contributed by atoms with Gasteiger partial charge in [0.1, 0.15) is 0 Å². The molecule has 2 aliphatic carbocycles. The van der Waals surface area contributed by atoms with E-state index < -0.39 is 0 Å². The maximum absolute atomic E-state index is 12.2. The van der Waals surface area contributed by atoms with Crippen LogP contribution < -0.4 is 0 Å². The van der Waals surface area contributed by atoms with Gasteiger partial charge in [-0.2, -0.15) is 0 Å². The van der Waals surface area contributed by atoms with Crippen LogP contribution in [-0.2, 0) is 9.59 Å². The van der Waals surface area contributed by atoms with Crippen molar-refractivity contribution in [3.05, 3.63) is 0 Å². The molecule has 1 heterocycles. The van der Waals surface area contributed by atoms with E-state index in [2.05, 4.69) is 15.9 Å². The first-order valence-corrected chi connectivity index (χ1v) is 7.70. The van der Waals surface area contributed by atoms with Crippen molar-refractivity contribution in [3.63, 3.8) is 0 Å². The summed E-state index contributed by atoms with van der Waals surface area (Å²) in [6, 6.07) is 0. The van der Waals surface area contributed by atoms with Gasteiger partial charge in [-0.15, -0.1) is 0 Å². The first-order chi connectivity index (χ1) is 8.17. The molecule has 2 saturated carbocycles. The molecule has 0 spiro atoms. The molecule has 2 amide bonds. The van der Waals surface area contributed by atoms with E-state index in [0.717, 1.165) is 37.4 Å². The average Bonchev–Trinajstić information content (AvgIpc) is 2.82. The Labute approximate surface area is 110 Å². The lowest BCUT2D eigenvalue weighted by Gasteiger charge is -2.42. The number of fused-ring (bicyclic) bond motifs is 1. The molecule has 2 atom stereocenters. The zero-order chi connectivity index (χ0) is 12.0. The van der Waals surface area contributed by atoms with E-state index in [0.29, 0.717) is 6.54 Å². The standard InChI is InChI=1S/C13H18BrNO2/c14-7-13(5-2-6-13)8-15-11(16)9-3-1-4-10(9)12(15)17/h9-10H,1-8H2. The van der Waals surface area contributed by atoms with E-state index in [9.17, 15) is 9.59 Å². The molecule has 3 nitrogen and oxygen atoms in total. The molecule has 17 heavy (non-hydrogen) atoms. The number of amides is 2. The molecule has 0 radical (unpaired) electrons. The van der Waals surface area contributed by atoms with Crippen molar-refractivity contribution in [1.29, 1.82) is 0 Å². The van der Waals surface area contributed by atoms with Crippen LogP contribution >= 0.6 is 15.9 Å². The van der Waals surface area contributed by atoms with E-state index in [1.807, 2.05) is 0 Å². The molecule has 1 aliphatic heterocycles. The van der Waals surface area contributed by atoms with E-state index in [1.54, 1.807) is 4.90 Å². The van der Waals surface area contributed by atoms with E-state index in [4.69, 9.17) is 0 Å². The molecule has 2 unspecified atom stereocenters. The van der Waals surface area contributed by atoms with Crippen molar-refractivity contribution in [2.24, 2.45) is 17.3 Å². The Morgan fingerprint density at radius 1 is 1.12 bits per heavy atom. The quantitative estimate of drug-likeness (QED) is 0.592. The fourth-order valence-electron chi connectivity index (χ4n) is 3.56. The third-order valence-electron chi connectivity index (χ3n) is 4.87. The van der Waals surface area contributed by atoms with Crippen LogP contribution in [0.4, 0.5) is 0 Å². The fourth-order valence-corrected chi connectivity index (χ4v) is 4.30. The Kier molecular flexibility index (Phi) is 2.80. The topological polar surface area (TPSA) is 37.4 Å². The summed E-state index contributed by atoms with van der Waals surface area (Å²) in [6.07, 6.45) is 6.41. The summed E-state index contributed by atoms with van der Waals surface area (Å²) in [5, 5.41) is 0.909. The van der Waals surface area contributed by atoms with Crippen molar-refractivity contribution in [2.75, 3.05) is 11.9 Å². The van der Waals surface area contributed by atoms with E-state index in [1.165, 1.54) is 6.42 Å². The average molecular weight is 300 g/mol. The van der Waals surface area contributed by atoms with Crippen LogP contribution in [0, 0.1) is 17.3 Å². The molecule has 3 aliphatic rings. The van der Waals surface area contributed by atoms with Crippen LogP contribution in [0.5, 0.6) is 0 Å². The summed E-state index contributed by atoms with van der Waals surface area (Å²) in [7, 11) is 0. The Balaban J connectivity index is 1.76. The summed E-state index contributed by atoms with van der Waals surface area (Å²) in [5.41, 5.74) is 0.184. The minimum Gasteiger partial charge on any atom is -0.282 e. The van der Waals surface area contributed by atoms with Gasteiger partial charge < -0.3 is 0 Å². The second kappa shape index (κ2) is 4.08. The number of alkyl halides is 1. The maximum Gasteiger partial charge on any atom is 0.233 e. The SMILES string of the molecule is O=C1C2CCCC2C(=O)N1CC1(CBr)CCC1. The van der Waals surface area contributed by atoms with Crippen molar-refractivity contribution >= 4 is 27.7 Å². The Bertz CT molecular complexity index is 337. The highest BCUT2D eigenvalue weighted by Gasteiger charge is 2.52. The number of carbonyl (C=O) groups excluding carboxylic acids is 2. The van der Waals surface area contributed by atoms with Gasteiger partial charge in [-0.25, -0.2) is 0 Å². The van der Waals surface area contributed by atoms with Crippen molar-refractivity contribution in [1.82, 2.24) is 4.90 Å². The minimum atomic E-state index is 0.0231. The van der Waals surface area contributed by atoms with Gasteiger partial charge in [0.25, 0.3) is 0 Å². The number of hydrogen-bond donors (Lipinski definition) is 0. The van der Waals surface area contributed by atoms with Crippen LogP contribution in [0.1, 0.15) is 38.5 Å². The van der Waals surface area contributed by atoms with Gasteiger partial charge in [0.15, 0.2) is 0 Å². The lowest BCUT2D eigenvalue weighted by molar-refractivity contribution is -0.143. The maximum atomic E-state index is 12.2. The fraction of sp³-hybridized carbons (Fsp3) is 0.846. The van der Waals surface area contributed by atoms with E-state index >= 15 is 0 Å². The monoisotopic (exact) mass is 299 g/mol. The normalized spacial score (nSPS) is 35.0. The molecule has 94 valence electrons.